The fraction of sp³-hybridized carbons (Fsp3) is 0.607. The molecular weight excluding hydrogens is 506 g/mol. The lowest BCUT2D eigenvalue weighted by Crippen LogP contribution is -2.48. The van der Waals surface area contributed by atoms with Crippen LogP contribution in [0.5, 0.6) is 11.5 Å². The van der Waals surface area contributed by atoms with E-state index in [4.69, 9.17) is 9.47 Å². The molecule has 1 aromatic carbocycles. The molecule has 2 amide bonds. The Hall–Kier alpha value is -3.21. The molecule has 11 heteroatoms. The minimum atomic E-state index is -0.976. The summed E-state index contributed by atoms with van der Waals surface area (Å²) in [6.45, 7) is 14.5. The minimum absolute atomic E-state index is 0.0975. The number of rotatable bonds is 14. The van der Waals surface area contributed by atoms with Gasteiger partial charge in [-0.15, -0.1) is 0 Å². The molecule has 0 saturated heterocycles. The number of carbonyl (C=O) groups is 1. The summed E-state index contributed by atoms with van der Waals surface area (Å²) in [5.74, 6) is -1.51. The van der Waals surface area contributed by atoms with Gasteiger partial charge in [0, 0.05) is 43.0 Å². The third kappa shape index (κ3) is 6.87. The molecule has 0 fully saturated rings. The van der Waals surface area contributed by atoms with Crippen LogP contribution in [0.2, 0.25) is 0 Å². The Morgan fingerprint density at radius 1 is 1.08 bits per heavy atom. The van der Waals surface area contributed by atoms with E-state index < -0.39 is 23.4 Å². The average Bonchev–Trinajstić information content (AvgIpc) is 2.89. The van der Waals surface area contributed by atoms with Gasteiger partial charge in [0.15, 0.2) is 23.1 Å². The molecule has 1 aromatic heterocycles. The first-order valence-corrected chi connectivity index (χ1v) is 13.8. The number of amides is 2. The van der Waals surface area contributed by atoms with Crippen LogP contribution in [0, 0.1) is 11.6 Å². The number of anilines is 3. The number of hydrogen-bond acceptors (Lipinski definition) is 7. The summed E-state index contributed by atoms with van der Waals surface area (Å²) >= 11 is 0. The van der Waals surface area contributed by atoms with Crippen molar-refractivity contribution in [1.82, 2.24) is 14.9 Å². The highest BCUT2D eigenvalue weighted by Gasteiger charge is 2.37. The maximum atomic E-state index is 15.3. The molecule has 0 radical (unpaired) electrons. The van der Waals surface area contributed by atoms with Crippen LogP contribution in [0.25, 0.3) is 0 Å². The van der Waals surface area contributed by atoms with Gasteiger partial charge in [0.1, 0.15) is 11.5 Å². The molecule has 0 saturated carbocycles. The van der Waals surface area contributed by atoms with Crippen molar-refractivity contribution in [3.63, 3.8) is 0 Å². The zero-order chi connectivity index (χ0) is 28.7. The number of urea groups is 1. The summed E-state index contributed by atoms with van der Waals surface area (Å²) in [4.78, 5) is 27.3. The number of hydrogen-bond donors (Lipinski definition) is 1. The molecule has 0 unspecified atom stereocenters. The Bertz CT molecular complexity index is 1120. The normalized spacial score (nSPS) is 13.5. The predicted molar refractivity (Wildman–Crippen MR) is 150 cm³/mol. The van der Waals surface area contributed by atoms with Gasteiger partial charge in [0.2, 0.25) is 5.95 Å². The van der Waals surface area contributed by atoms with Crippen LogP contribution in [-0.2, 0) is 6.54 Å². The Balaban J connectivity index is 1.73. The Kier molecular flexibility index (Phi) is 10.7. The first-order valence-electron chi connectivity index (χ1n) is 13.8. The van der Waals surface area contributed by atoms with Crippen molar-refractivity contribution in [2.45, 2.75) is 79.4 Å². The third-order valence-electron chi connectivity index (χ3n) is 6.81. The van der Waals surface area contributed by atoms with Crippen molar-refractivity contribution in [3.8, 4) is 11.5 Å². The molecule has 1 aliphatic heterocycles. The molecule has 216 valence electrons. The van der Waals surface area contributed by atoms with E-state index in [9.17, 15) is 4.79 Å². The van der Waals surface area contributed by atoms with Crippen LogP contribution >= 0.6 is 0 Å². The summed E-state index contributed by atoms with van der Waals surface area (Å²) in [7, 11) is 1.27. The predicted octanol–water partition coefficient (Wildman–Crippen LogP) is 5.83. The fourth-order valence-corrected chi connectivity index (χ4v) is 4.89. The summed E-state index contributed by atoms with van der Waals surface area (Å²) in [6.07, 6.45) is 4.74. The quantitative estimate of drug-likeness (QED) is 0.298. The standard InChI is InChI=1S/C28H42F2N6O3/c1-8-34-26-20(16-32-27(33-26)31-13-11-10-12-14-35(18(3)4)19(5)6)17-36(28(34)37)25-23(29)21(38-7)15-22(24(25)30)39-9-2/h15-16,18-19H,8-14,17H2,1-7H3,(H,31,32,33). The van der Waals surface area contributed by atoms with Crippen molar-refractivity contribution in [2.24, 2.45) is 0 Å². The lowest BCUT2D eigenvalue weighted by Gasteiger charge is -2.36. The van der Waals surface area contributed by atoms with E-state index in [1.807, 2.05) is 0 Å². The number of halogens is 2. The number of unbranched alkanes of at least 4 members (excludes halogenated alkanes) is 2. The second-order valence-corrected chi connectivity index (χ2v) is 10.1. The molecule has 0 spiro atoms. The van der Waals surface area contributed by atoms with Gasteiger partial charge in [-0.2, -0.15) is 4.98 Å². The molecule has 1 aliphatic rings. The van der Waals surface area contributed by atoms with E-state index in [0.717, 1.165) is 36.8 Å². The molecular formula is C28H42F2N6O3. The van der Waals surface area contributed by atoms with Crippen LogP contribution in [0.4, 0.5) is 31.0 Å². The smallest absolute Gasteiger partial charge is 0.330 e. The van der Waals surface area contributed by atoms with E-state index in [2.05, 4.69) is 47.9 Å². The van der Waals surface area contributed by atoms with Gasteiger partial charge >= 0.3 is 6.03 Å². The van der Waals surface area contributed by atoms with Crippen LogP contribution in [0.3, 0.4) is 0 Å². The van der Waals surface area contributed by atoms with E-state index >= 15 is 8.78 Å². The molecule has 0 atom stereocenters. The lowest BCUT2D eigenvalue weighted by molar-refractivity contribution is 0.171. The van der Waals surface area contributed by atoms with Gasteiger partial charge < -0.3 is 14.8 Å². The summed E-state index contributed by atoms with van der Waals surface area (Å²) in [5.41, 5.74) is 0.0478. The zero-order valence-electron chi connectivity index (χ0n) is 24.2. The van der Waals surface area contributed by atoms with Crippen molar-refractivity contribution < 1.29 is 23.0 Å². The van der Waals surface area contributed by atoms with E-state index in [-0.39, 0.29) is 31.2 Å². The van der Waals surface area contributed by atoms with Gasteiger partial charge in [0.05, 0.1) is 20.3 Å². The fourth-order valence-electron chi connectivity index (χ4n) is 4.89. The van der Waals surface area contributed by atoms with Crippen molar-refractivity contribution >= 4 is 23.5 Å². The van der Waals surface area contributed by atoms with Crippen LogP contribution < -0.4 is 24.6 Å². The maximum absolute atomic E-state index is 15.3. The molecule has 2 aromatic rings. The Morgan fingerprint density at radius 3 is 2.38 bits per heavy atom. The number of ether oxygens (including phenoxy) is 2. The molecule has 0 bridgehead atoms. The van der Waals surface area contributed by atoms with E-state index in [1.165, 1.54) is 12.0 Å². The molecule has 0 aliphatic carbocycles. The first-order chi connectivity index (χ1) is 18.6. The number of fused-ring (bicyclic) bond motifs is 1. The number of nitrogens with zero attached hydrogens (tertiary/aromatic N) is 5. The average molecular weight is 549 g/mol. The van der Waals surface area contributed by atoms with Crippen LogP contribution in [0.15, 0.2) is 12.3 Å². The SMILES string of the molecule is CCOc1cc(OC)c(F)c(N2Cc3cnc(NCCCCCN(C(C)C)C(C)C)nc3N(CC)C2=O)c1F. The van der Waals surface area contributed by atoms with Gasteiger partial charge in [-0.3, -0.25) is 14.7 Å². The number of nitrogens with one attached hydrogen (secondary N) is 1. The molecule has 1 N–H and O–H groups in total. The van der Waals surface area contributed by atoms with Crippen molar-refractivity contribution in [1.29, 1.82) is 0 Å². The number of aromatic nitrogens is 2. The number of methoxy groups -OCH3 is 1. The number of benzene rings is 1. The highest BCUT2D eigenvalue weighted by atomic mass is 19.1. The van der Waals surface area contributed by atoms with Crippen molar-refractivity contribution in [3.05, 3.63) is 29.5 Å². The lowest BCUT2D eigenvalue weighted by atomic mass is 10.1. The number of carbonyl (C=O) groups excluding carboxylic acids is 1. The first kappa shape index (κ1) is 30.3. The summed E-state index contributed by atoms with van der Waals surface area (Å²) < 4.78 is 41.0. The van der Waals surface area contributed by atoms with Gasteiger partial charge in [-0.25, -0.2) is 18.6 Å². The maximum Gasteiger partial charge on any atom is 0.330 e. The third-order valence-corrected chi connectivity index (χ3v) is 6.81. The zero-order valence-corrected chi connectivity index (χ0v) is 24.2. The second kappa shape index (κ2) is 13.7. The van der Waals surface area contributed by atoms with Gasteiger partial charge in [-0.1, -0.05) is 6.42 Å². The molecule has 2 heterocycles. The largest absolute Gasteiger partial charge is 0.493 e. The van der Waals surface area contributed by atoms with Crippen molar-refractivity contribution in [2.75, 3.05) is 48.5 Å². The molecule has 9 nitrogen and oxygen atoms in total. The van der Waals surface area contributed by atoms with E-state index in [0.29, 0.717) is 36.0 Å². The van der Waals surface area contributed by atoms with Crippen LogP contribution in [-0.4, -0.2) is 66.3 Å². The topological polar surface area (TPSA) is 83.1 Å². The van der Waals surface area contributed by atoms with Crippen LogP contribution in [0.1, 0.15) is 66.4 Å². The highest BCUT2D eigenvalue weighted by molar-refractivity contribution is 6.05. The summed E-state index contributed by atoms with van der Waals surface area (Å²) in [6, 6.07) is 1.60. The van der Waals surface area contributed by atoms with E-state index in [1.54, 1.807) is 20.0 Å². The molecule has 39 heavy (non-hydrogen) atoms. The van der Waals surface area contributed by atoms with Gasteiger partial charge in [-0.05, 0) is 60.9 Å². The highest BCUT2D eigenvalue weighted by Crippen LogP contribution is 2.40. The minimum Gasteiger partial charge on any atom is -0.493 e. The monoisotopic (exact) mass is 548 g/mol. The summed E-state index contributed by atoms with van der Waals surface area (Å²) in [5, 5.41) is 3.25. The van der Waals surface area contributed by atoms with Gasteiger partial charge in [0.25, 0.3) is 0 Å². The Morgan fingerprint density at radius 2 is 1.77 bits per heavy atom. The Labute approximate surface area is 230 Å². The second-order valence-electron chi connectivity index (χ2n) is 10.1. The molecule has 3 rings (SSSR count).